The number of aliphatic hydroxyl groups is 3. The molecule has 0 aliphatic heterocycles. The molecular formula is C80H110N12O4. The minimum absolute atomic E-state index is 0. The van der Waals surface area contributed by atoms with Gasteiger partial charge in [0.2, 0.25) is 5.95 Å². The van der Waals surface area contributed by atoms with E-state index in [1.54, 1.807) is 25.8 Å². The lowest BCUT2D eigenvalue weighted by Crippen LogP contribution is -2.28. The number of rotatable bonds is 31. The summed E-state index contributed by atoms with van der Waals surface area (Å²) in [6, 6.07) is 45.7. The third-order valence-electron chi connectivity index (χ3n) is 15.2. The zero-order valence-electron chi connectivity index (χ0n) is 58.5. The number of nitrogens with zero attached hydrogens (tertiary/aromatic N) is 11. The average molecular weight is 1300 g/mol. The summed E-state index contributed by atoms with van der Waals surface area (Å²) in [4.78, 5) is 38.2. The van der Waals surface area contributed by atoms with Gasteiger partial charge >= 0.3 is 6.01 Å². The Morgan fingerprint density at radius 2 is 0.792 bits per heavy atom. The number of methoxy groups -OCH3 is 1. The fraction of sp³-hybridized carbons (Fsp3) is 0.388. The third-order valence-corrected chi connectivity index (χ3v) is 15.2. The molecule has 0 bridgehead atoms. The van der Waals surface area contributed by atoms with Crippen LogP contribution in [-0.4, -0.2) is 130 Å². The predicted octanol–water partition coefficient (Wildman–Crippen LogP) is 16.1. The number of hydrogen-bond donors (Lipinski definition) is 4. The molecule has 0 spiro atoms. The van der Waals surface area contributed by atoms with Crippen LogP contribution in [0.1, 0.15) is 145 Å². The highest BCUT2D eigenvalue weighted by Crippen LogP contribution is 2.23. The SMILES string of the molecule is C.CC(C)CCN(C)c1ccc(/C=C/c2ccncn2)cc1.CC(C)CCN(CCO)c1ccc(/C=C/c2ccccn2)cc1.COc1nc(C)cc(/C=C/c2ccc(N(CCO)CCC(C)C)cc2)n1.Cc1cc(/C=C/c2ccc(N(CCO)CCC(C)C)cc2)nc(N)n1. The second-order valence-corrected chi connectivity index (χ2v) is 25.1. The topological polar surface area (TPSA) is 199 Å². The molecule has 0 radical (unpaired) electrons. The summed E-state index contributed by atoms with van der Waals surface area (Å²) in [5.74, 6) is 2.98. The molecule has 5 N–H and O–H groups in total. The number of benzene rings is 4. The van der Waals surface area contributed by atoms with Gasteiger partial charge < -0.3 is 45.4 Å². The number of nitrogens with two attached hydrogens (primary N) is 1. The van der Waals surface area contributed by atoms with Crippen LogP contribution in [0.25, 0.3) is 48.6 Å². The largest absolute Gasteiger partial charge is 0.467 e. The van der Waals surface area contributed by atoms with E-state index in [2.05, 4.69) is 226 Å². The van der Waals surface area contributed by atoms with Gasteiger partial charge in [-0.15, -0.1) is 0 Å². The molecule has 8 rings (SSSR count). The average Bonchev–Trinajstić information content (AvgIpc) is 1.12. The van der Waals surface area contributed by atoms with Gasteiger partial charge in [-0.1, -0.05) is 142 Å². The van der Waals surface area contributed by atoms with Crippen molar-refractivity contribution in [3.8, 4) is 6.01 Å². The summed E-state index contributed by atoms with van der Waals surface area (Å²) < 4.78 is 5.11. The Balaban J connectivity index is 0.000000272. The van der Waals surface area contributed by atoms with Crippen molar-refractivity contribution < 1.29 is 20.1 Å². The standard InChI is InChI=1S/C21H29N3O2.C20H28N4O.C20H26N2O.C18H23N3.CH4/c1-16(2)11-12-24(13-14-25)20-9-6-18(7-10-20)5-8-19-15-17(3)22-21(23-19)26-4;1-15(2)10-11-24(12-13-25)19-8-5-17(6-9-19)4-7-18-14-16(3)22-20(21)23-18;1-17(2)12-14-22(15-16-23)20-10-7-18(8-11-20)6-9-19-5-3-4-13-21-19;1-15(2)11-13-21(3)18-8-5-16(6-9-18)4-7-17-10-12-19-14-20-17;/h5-10,15-16,25H,11-14H2,1-4H3;4-9,14-15,25H,10-13H2,1-3H3,(H2,21,22,23);3-11,13,17,23H,12,14-16H2,1-2H3;4-10,12,14-15H,11,13H2,1-3H3;1H4/b8-5+;7-4+;9-6+;7-4+;. The van der Waals surface area contributed by atoms with Crippen LogP contribution in [-0.2, 0) is 0 Å². The number of nitrogen functional groups attached to an aromatic ring is 1. The van der Waals surface area contributed by atoms with Gasteiger partial charge in [0.1, 0.15) is 6.33 Å². The van der Waals surface area contributed by atoms with Crippen LogP contribution >= 0.6 is 0 Å². The van der Waals surface area contributed by atoms with Crippen molar-refractivity contribution in [1.82, 2.24) is 34.9 Å². The second kappa shape index (κ2) is 44.6. The summed E-state index contributed by atoms with van der Waals surface area (Å²) in [6.45, 7) is 28.1. The van der Waals surface area contributed by atoms with Crippen molar-refractivity contribution in [3.63, 3.8) is 0 Å². The Morgan fingerprint density at radius 1 is 0.417 bits per heavy atom. The van der Waals surface area contributed by atoms with Gasteiger partial charge in [-0.05, 0) is 189 Å². The van der Waals surface area contributed by atoms with E-state index in [1.807, 2.05) is 86.7 Å². The van der Waals surface area contributed by atoms with Gasteiger partial charge in [-0.2, -0.15) is 4.98 Å². The van der Waals surface area contributed by atoms with Crippen molar-refractivity contribution in [2.24, 2.45) is 23.7 Å². The molecule has 8 aromatic rings. The molecule has 0 saturated heterocycles. The smallest absolute Gasteiger partial charge is 0.316 e. The zero-order chi connectivity index (χ0) is 68.7. The van der Waals surface area contributed by atoms with Crippen molar-refractivity contribution in [1.29, 1.82) is 0 Å². The molecule has 0 atom stereocenters. The molecule has 0 aliphatic carbocycles. The minimum atomic E-state index is 0. The normalized spacial score (nSPS) is 11.2. The van der Waals surface area contributed by atoms with Crippen LogP contribution in [0.5, 0.6) is 6.01 Å². The van der Waals surface area contributed by atoms with Gasteiger partial charge in [0, 0.05) is 99.4 Å². The number of hydrogen-bond acceptors (Lipinski definition) is 16. The second-order valence-electron chi connectivity index (χ2n) is 25.1. The zero-order valence-corrected chi connectivity index (χ0v) is 58.5. The van der Waals surface area contributed by atoms with E-state index in [0.717, 1.165) is 119 Å². The fourth-order valence-corrected chi connectivity index (χ4v) is 9.57. The number of aryl methyl sites for hydroxylation is 2. The van der Waals surface area contributed by atoms with Crippen LogP contribution in [0.15, 0.2) is 152 Å². The Morgan fingerprint density at radius 3 is 1.15 bits per heavy atom. The molecule has 0 saturated carbocycles. The first-order valence-corrected chi connectivity index (χ1v) is 33.4. The molecule has 0 amide bonds. The quantitative estimate of drug-likeness (QED) is 0.0320. The summed E-state index contributed by atoms with van der Waals surface area (Å²) in [5, 5.41) is 27.9. The van der Waals surface area contributed by atoms with E-state index in [4.69, 9.17) is 10.5 Å². The Labute approximate surface area is 575 Å². The summed E-state index contributed by atoms with van der Waals surface area (Å²) in [7, 11) is 3.71. The Kier molecular flexibility index (Phi) is 36.8. The van der Waals surface area contributed by atoms with Crippen molar-refractivity contribution >= 4 is 77.3 Å². The minimum Gasteiger partial charge on any atom is -0.467 e. The lowest BCUT2D eigenvalue weighted by molar-refractivity contribution is 0.300. The molecule has 96 heavy (non-hydrogen) atoms. The van der Waals surface area contributed by atoms with E-state index < -0.39 is 0 Å². The van der Waals surface area contributed by atoms with Crippen LogP contribution in [0.2, 0.25) is 0 Å². The van der Waals surface area contributed by atoms with Crippen LogP contribution < -0.4 is 30.1 Å². The lowest BCUT2D eigenvalue weighted by atomic mass is 10.1. The van der Waals surface area contributed by atoms with Gasteiger partial charge in [0.05, 0.1) is 49.7 Å². The fourth-order valence-electron chi connectivity index (χ4n) is 9.57. The van der Waals surface area contributed by atoms with E-state index in [9.17, 15) is 15.3 Å². The molecular weight excluding hydrogens is 1190 g/mol. The maximum atomic E-state index is 9.32. The molecule has 4 aromatic heterocycles. The molecule has 16 heteroatoms. The molecule has 4 heterocycles. The first-order valence-electron chi connectivity index (χ1n) is 33.4. The molecule has 0 fully saturated rings. The monoisotopic (exact) mass is 1300 g/mol. The van der Waals surface area contributed by atoms with E-state index in [-0.39, 0.29) is 27.2 Å². The Bertz CT molecular complexity index is 3470. The van der Waals surface area contributed by atoms with Gasteiger partial charge in [0.25, 0.3) is 0 Å². The number of aliphatic hydroxyl groups excluding tert-OH is 3. The summed E-state index contributed by atoms with van der Waals surface area (Å²) in [5.41, 5.74) is 20.1. The molecule has 0 aliphatic rings. The number of aromatic nitrogens is 7. The van der Waals surface area contributed by atoms with Gasteiger partial charge in [-0.3, -0.25) is 4.98 Å². The summed E-state index contributed by atoms with van der Waals surface area (Å²) >= 11 is 0. The third kappa shape index (κ3) is 31.4. The van der Waals surface area contributed by atoms with Crippen LogP contribution in [0, 0.1) is 37.5 Å². The van der Waals surface area contributed by atoms with E-state index >= 15 is 0 Å². The van der Waals surface area contributed by atoms with Crippen molar-refractivity contribution in [3.05, 3.63) is 209 Å². The first-order chi connectivity index (χ1) is 45.8. The van der Waals surface area contributed by atoms with E-state index in [0.29, 0.717) is 49.3 Å². The molecule has 16 nitrogen and oxygen atoms in total. The number of anilines is 5. The van der Waals surface area contributed by atoms with Crippen molar-refractivity contribution in [2.45, 2.75) is 102 Å². The highest BCUT2D eigenvalue weighted by Gasteiger charge is 2.11. The van der Waals surface area contributed by atoms with Crippen LogP contribution in [0.4, 0.5) is 28.7 Å². The molecule has 0 unspecified atom stereocenters. The summed E-state index contributed by atoms with van der Waals surface area (Å²) in [6.07, 6.45) is 25.7. The van der Waals surface area contributed by atoms with Crippen LogP contribution in [0.3, 0.4) is 0 Å². The molecule has 514 valence electrons. The van der Waals surface area contributed by atoms with E-state index in [1.165, 1.54) is 17.7 Å². The number of pyridine rings is 1. The highest BCUT2D eigenvalue weighted by molar-refractivity contribution is 5.72. The lowest BCUT2D eigenvalue weighted by Gasteiger charge is -2.25. The number of ether oxygens (including phenoxy) is 1. The highest BCUT2D eigenvalue weighted by atomic mass is 16.5. The van der Waals surface area contributed by atoms with Gasteiger partial charge in [-0.25, -0.2) is 24.9 Å². The molecule has 4 aromatic carbocycles. The maximum Gasteiger partial charge on any atom is 0.316 e. The Hall–Kier alpha value is -9.09. The van der Waals surface area contributed by atoms with Crippen molar-refractivity contribution in [2.75, 3.05) is 105 Å². The first kappa shape index (κ1) is 79.3. The van der Waals surface area contributed by atoms with Gasteiger partial charge in [0.15, 0.2) is 0 Å². The maximum absolute atomic E-state index is 9.32. The predicted molar refractivity (Wildman–Crippen MR) is 408 cm³/mol.